The van der Waals surface area contributed by atoms with Gasteiger partial charge in [-0.25, -0.2) is 0 Å². The van der Waals surface area contributed by atoms with Crippen molar-refractivity contribution in [3.63, 3.8) is 0 Å². The summed E-state index contributed by atoms with van der Waals surface area (Å²) in [6, 6.07) is 0. The van der Waals surface area contributed by atoms with Gasteiger partial charge in [-0.15, -0.1) is 0 Å². The van der Waals surface area contributed by atoms with Gasteiger partial charge < -0.3 is 14.2 Å². The molecule has 0 aromatic heterocycles. The van der Waals surface area contributed by atoms with Crippen LogP contribution in [0.1, 0.15) is 380 Å². The molecule has 0 fully saturated rings. The average Bonchev–Trinajstić information content (AvgIpc) is 3.43. The Morgan fingerprint density at radius 2 is 0.468 bits per heavy atom. The predicted octanol–water partition coefficient (Wildman–Crippen LogP) is 23.6. The van der Waals surface area contributed by atoms with Crippen molar-refractivity contribution >= 4 is 17.9 Å². The van der Waals surface area contributed by atoms with Crippen molar-refractivity contribution < 1.29 is 28.6 Å². The van der Waals surface area contributed by atoms with E-state index >= 15 is 0 Å². The van der Waals surface area contributed by atoms with Gasteiger partial charge in [0.15, 0.2) is 6.10 Å². The highest BCUT2D eigenvalue weighted by atomic mass is 16.6. The third-order valence-electron chi connectivity index (χ3n) is 15.6. The van der Waals surface area contributed by atoms with Gasteiger partial charge in [-0.1, -0.05) is 320 Å². The minimum atomic E-state index is -0.777. The molecule has 1 unspecified atom stereocenters. The molecule has 6 heteroatoms. The molecule has 77 heavy (non-hydrogen) atoms. The number of carbonyl (C=O) groups is 3. The zero-order valence-electron chi connectivity index (χ0n) is 52.0. The average molecular weight is 1080 g/mol. The lowest BCUT2D eigenvalue weighted by molar-refractivity contribution is -0.167. The zero-order chi connectivity index (χ0) is 55.7. The maximum atomic E-state index is 12.9. The van der Waals surface area contributed by atoms with Gasteiger partial charge >= 0.3 is 17.9 Å². The molecular weight excluding hydrogens is 949 g/mol. The van der Waals surface area contributed by atoms with Gasteiger partial charge in [0.2, 0.25) is 0 Å². The van der Waals surface area contributed by atoms with Crippen molar-refractivity contribution in [3.8, 4) is 0 Å². The summed E-state index contributed by atoms with van der Waals surface area (Å²) in [7, 11) is 0. The molecule has 0 aliphatic carbocycles. The molecule has 0 heterocycles. The van der Waals surface area contributed by atoms with Crippen LogP contribution in [0.15, 0.2) is 36.5 Å². The second-order valence-corrected chi connectivity index (χ2v) is 23.4. The maximum absolute atomic E-state index is 12.9. The molecular formula is C71H132O6. The molecule has 0 aliphatic rings. The predicted molar refractivity (Wildman–Crippen MR) is 335 cm³/mol. The van der Waals surface area contributed by atoms with E-state index in [2.05, 4.69) is 57.2 Å². The summed E-state index contributed by atoms with van der Waals surface area (Å²) >= 11 is 0. The highest BCUT2D eigenvalue weighted by molar-refractivity contribution is 5.71. The molecule has 0 radical (unpaired) electrons. The normalized spacial score (nSPS) is 12.2. The van der Waals surface area contributed by atoms with E-state index < -0.39 is 6.10 Å². The van der Waals surface area contributed by atoms with Crippen molar-refractivity contribution in [2.75, 3.05) is 13.2 Å². The topological polar surface area (TPSA) is 78.9 Å². The molecule has 0 spiro atoms. The van der Waals surface area contributed by atoms with Gasteiger partial charge in [-0.2, -0.15) is 0 Å². The Labute approximate surface area is 480 Å². The van der Waals surface area contributed by atoms with Gasteiger partial charge in [-0.3, -0.25) is 14.4 Å². The molecule has 0 aromatic rings. The largest absolute Gasteiger partial charge is 0.462 e. The standard InChI is InChI=1S/C71H132O6/c1-4-7-10-13-16-19-22-25-28-31-32-33-34-35-36-37-38-41-43-46-49-52-55-58-61-64-70(73)76-67-68(77-71(74)65-62-59-56-53-50-47-44-40-30-27-24-21-18-15-12-9-6-3)66-75-69(72)63-60-57-54-51-48-45-42-39-29-26-23-20-17-14-11-8-5-2/h18,21,26-27,29-30,68H,4-17,19-20,22-25,28,31-67H2,1-3H3/b21-18-,29-26-,30-27-. The van der Waals surface area contributed by atoms with Gasteiger partial charge in [0.05, 0.1) is 0 Å². The van der Waals surface area contributed by atoms with Crippen molar-refractivity contribution in [1.82, 2.24) is 0 Å². The molecule has 0 rings (SSSR count). The Bertz CT molecular complexity index is 1290. The zero-order valence-corrected chi connectivity index (χ0v) is 52.0. The third kappa shape index (κ3) is 64.3. The number of allylic oxidation sites excluding steroid dienone is 6. The van der Waals surface area contributed by atoms with E-state index in [9.17, 15) is 14.4 Å². The van der Waals surface area contributed by atoms with Crippen LogP contribution in [-0.2, 0) is 28.6 Å². The van der Waals surface area contributed by atoms with Gasteiger partial charge in [0.1, 0.15) is 13.2 Å². The van der Waals surface area contributed by atoms with Crippen LogP contribution >= 0.6 is 0 Å². The fourth-order valence-electron chi connectivity index (χ4n) is 10.4. The van der Waals surface area contributed by atoms with Crippen LogP contribution in [-0.4, -0.2) is 37.2 Å². The number of ether oxygens (including phenoxy) is 3. The highest BCUT2D eigenvalue weighted by Crippen LogP contribution is 2.18. The van der Waals surface area contributed by atoms with E-state index in [-0.39, 0.29) is 31.1 Å². The molecule has 0 bridgehead atoms. The van der Waals surface area contributed by atoms with Gasteiger partial charge in [0.25, 0.3) is 0 Å². The highest BCUT2D eigenvalue weighted by Gasteiger charge is 2.19. The Morgan fingerprint density at radius 3 is 0.753 bits per heavy atom. The Hall–Kier alpha value is -2.37. The van der Waals surface area contributed by atoms with E-state index in [4.69, 9.17) is 14.2 Å². The lowest BCUT2D eigenvalue weighted by atomic mass is 10.0. The molecule has 452 valence electrons. The first-order chi connectivity index (χ1) is 38.0. The Morgan fingerprint density at radius 1 is 0.260 bits per heavy atom. The first kappa shape index (κ1) is 74.6. The summed E-state index contributed by atoms with van der Waals surface area (Å²) in [5.74, 6) is -0.858. The summed E-state index contributed by atoms with van der Waals surface area (Å²) in [6.45, 7) is 6.67. The van der Waals surface area contributed by atoms with Crippen molar-refractivity contribution in [2.24, 2.45) is 0 Å². The SMILES string of the molecule is CCCCC/C=C\C/C=C\CCCCCCCCCC(=O)OC(COC(=O)CCCCCCCCC/C=C\CCCCCCCC)COC(=O)CCCCCCCCCCCCCCCCCCCCCCCCCCC. The van der Waals surface area contributed by atoms with Crippen molar-refractivity contribution in [3.05, 3.63) is 36.5 Å². The molecule has 0 saturated heterocycles. The van der Waals surface area contributed by atoms with Crippen LogP contribution in [0.2, 0.25) is 0 Å². The van der Waals surface area contributed by atoms with Crippen molar-refractivity contribution in [1.29, 1.82) is 0 Å². The van der Waals surface area contributed by atoms with Crippen LogP contribution < -0.4 is 0 Å². The van der Waals surface area contributed by atoms with Crippen LogP contribution in [0.25, 0.3) is 0 Å². The first-order valence-corrected chi connectivity index (χ1v) is 34.5. The Kier molecular flexibility index (Phi) is 64.1. The Balaban J connectivity index is 4.27. The van der Waals surface area contributed by atoms with Crippen LogP contribution in [0.4, 0.5) is 0 Å². The number of unbranched alkanes of at least 4 members (excludes halogenated alkanes) is 47. The summed E-state index contributed by atoms with van der Waals surface area (Å²) in [5, 5.41) is 0. The lowest BCUT2D eigenvalue weighted by Gasteiger charge is -2.18. The first-order valence-electron chi connectivity index (χ1n) is 34.5. The summed E-state index contributed by atoms with van der Waals surface area (Å²) in [4.78, 5) is 38.4. The number of carbonyl (C=O) groups excluding carboxylic acids is 3. The molecule has 0 amide bonds. The number of hydrogen-bond acceptors (Lipinski definition) is 6. The van der Waals surface area contributed by atoms with E-state index in [1.807, 2.05) is 0 Å². The maximum Gasteiger partial charge on any atom is 0.306 e. The van der Waals surface area contributed by atoms with Crippen LogP contribution in [0.5, 0.6) is 0 Å². The molecule has 0 saturated carbocycles. The smallest absolute Gasteiger partial charge is 0.306 e. The summed E-state index contributed by atoms with van der Waals surface area (Å²) in [5.41, 5.74) is 0. The molecule has 6 nitrogen and oxygen atoms in total. The number of esters is 3. The van der Waals surface area contributed by atoms with Crippen LogP contribution in [0, 0.1) is 0 Å². The molecule has 0 N–H and O–H groups in total. The van der Waals surface area contributed by atoms with Gasteiger partial charge in [-0.05, 0) is 77.0 Å². The second-order valence-electron chi connectivity index (χ2n) is 23.4. The summed E-state index contributed by atoms with van der Waals surface area (Å²) in [6.07, 6.45) is 81.6. The minimum absolute atomic E-state index is 0.0723. The fourth-order valence-corrected chi connectivity index (χ4v) is 10.4. The second kappa shape index (κ2) is 66.1. The van der Waals surface area contributed by atoms with E-state index in [1.54, 1.807) is 0 Å². The molecule has 0 aliphatic heterocycles. The van der Waals surface area contributed by atoms with Crippen molar-refractivity contribution in [2.45, 2.75) is 386 Å². The summed E-state index contributed by atoms with van der Waals surface area (Å²) < 4.78 is 17.0. The quantitative estimate of drug-likeness (QED) is 0.0261. The molecule has 1 atom stereocenters. The molecule has 0 aromatic carbocycles. The van der Waals surface area contributed by atoms with E-state index in [1.165, 1.54) is 270 Å². The minimum Gasteiger partial charge on any atom is -0.462 e. The van der Waals surface area contributed by atoms with Gasteiger partial charge in [0, 0.05) is 19.3 Å². The van der Waals surface area contributed by atoms with Crippen LogP contribution in [0.3, 0.4) is 0 Å². The van der Waals surface area contributed by atoms with E-state index in [0.717, 1.165) is 70.6 Å². The monoisotopic (exact) mass is 1080 g/mol. The number of rotatable bonds is 64. The van der Waals surface area contributed by atoms with E-state index in [0.29, 0.717) is 19.3 Å². The fraction of sp³-hybridized carbons (Fsp3) is 0.873. The number of hydrogen-bond donors (Lipinski definition) is 0. The third-order valence-corrected chi connectivity index (χ3v) is 15.6. The lowest BCUT2D eigenvalue weighted by Crippen LogP contribution is -2.30.